The van der Waals surface area contributed by atoms with Crippen LogP contribution in [0.1, 0.15) is 11.1 Å². The van der Waals surface area contributed by atoms with Crippen LogP contribution >= 0.6 is 0 Å². The van der Waals surface area contributed by atoms with Crippen LogP contribution in [0.3, 0.4) is 0 Å². The number of nitrogens with zero attached hydrogens (tertiary/aromatic N) is 1. The number of rotatable bonds is 5. The molecule has 1 aliphatic rings. The third-order valence-electron chi connectivity index (χ3n) is 3.44. The largest absolute Gasteiger partial charge is 0.486 e. The highest BCUT2D eigenvalue weighted by Crippen LogP contribution is 2.32. The normalized spacial score (nSPS) is 12.9. The number of para-hydroxylation sites is 2. The number of nitrogens with one attached hydrogen (secondary N) is 1. The van der Waals surface area contributed by atoms with E-state index < -0.39 is 0 Å². The molecule has 1 amide bonds. The van der Waals surface area contributed by atoms with E-state index in [0.29, 0.717) is 30.5 Å². The van der Waals surface area contributed by atoms with Gasteiger partial charge in [0.2, 0.25) is 0 Å². The first kappa shape index (κ1) is 15.9. The number of carbonyl (C=O) groups excluding carboxylic acids is 1. The second-order valence-corrected chi connectivity index (χ2v) is 5.22. The van der Waals surface area contributed by atoms with Gasteiger partial charge in [0, 0.05) is 5.56 Å². The van der Waals surface area contributed by atoms with Crippen LogP contribution in [0, 0.1) is 6.92 Å². The fourth-order valence-electron chi connectivity index (χ4n) is 2.27. The summed E-state index contributed by atoms with van der Waals surface area (Å²) in [5, 5.41) is 3.94. The Hall–Kier alpha value is -3.02. The van der Waals surface area contributed by atoms with Crippen molar-refractivity contribution < 1.29 is 19.0 Å². The van der Waals surface area contributed by atoms with E-state index in [9.17, 15) is 4.79 Å². The van der Waals surface area contributed by atoms with Crippen molar-refractivity contribution in [2.24, 2.45) is 5.10 Å². The molecular formula is C18H18N2O4. The van der Waals surface area contributed by atoms with Gasteiger partial charge < -0.3 is 14.2 Å². The Bertz CT molecular complexity index is 758. The molecule has 2 aromatic carbocycles. The Kier molecular flexibility index (Phi) is 4.96. The molecule has 6 nitrogen and oxygen atoms in total. The van der Waals surface area contributed by atoms with Gasteiger partial charge in [-0.2, -0.15) is 5.10 Å². The number of hydrogen-bond donors (Lipinski definition) is 1. The average molecular weight is 326 g/mol. The highest BCUT2D eigenvalue weighted by atomic mass is 16.6. The van der Waals surface area contributed by atoms with Crippen LogP contribution in [-0.2, 0) is 4.79 Å². The van der Waals surface area contributed by atoms with Gasteiger partial charge in [-0.1, -0.05) is 24.3 Å². The Morgan fingerprint density at radius 2 is 2.04 bits per heavy atom. The molecule has 1 heterocycles. The van der Waals surface area contributed by atoms with E-state index in [-0.39, 0.29) is 12.5 Å². The topological polar surface area (TPSA) is 69.2 Å². The first-order valence-corrected chi connectivity index (χ1v) is 7.63. The fourth-order valence-corrected chi connectivity index (χ4v) is 2.27. The van der Waals surface area contributed by atoms with Gasteiger partial charge in [0.05, 0.1) is 6.21 Å². The maximum Gasteiger partial charge on any atom is 0.277 e. The van der Waals surface area contributed by atoms with Crippen LogP contribution in [0.25, 0.3) is 0 Å². The molecule has 24 heavy (non-hydrogen) atoms. The second-order valence-electron chi connectivity index (χ2n) is 5.22. The molecule has 0 saturated heterocycles. The van der Waals surface area contributed by atoms with E-state index in [1.165, 1.54) is 6.21 Å². The van der Waals surface area contributed by atoms with E-state index in [4.69, 9.17) is 14.2 Å². The summed E-state index contributed by atoms with van der Waals surface area (Å²) in [7, 11) is 0. The second kappa shape index (κ2) is 7.50. The van der Waals surface area contributed by atoms with Gasteiger partial charge in [-0.3, -0.25) is 4.79 Å². The van der Waals surface area contributed by atoms with Crippen molar-refractivity contribution in [3.63, 3.8) is 0 Å². The maximum atomic E-state index is 11.8. The molecule has 0 radical (unpaired) electrons. The fraction of sp³-hybridized carbons (Fsp3) is 0.222. The van der Waals surface area contributed by atoms with Gasteiger partial charge in [0.15, 0.2) is 18.1 Å². The number of benzene rings is 2. The van der Waals surface area contributed by atoms with Gasteiger partial charge >= 0.3 is 0 Å². The molecule has 0 aliphatic carbocycles. The smallest absolute Gasteiger partial charge is 0.277 e. The Morgan fingerprint density at radius 3 is 2.92 bits per heavy atom. The molecule has 0 aromatic heterocycles. The van der Waals surface area contributed by atoms with E-state index in [1.54, 1.807) is 0 Å². The summed E-state index contributed by atoms with van der Waals surface area (Å²) in [6, 6.07) is 13.0. The molecule has 0 unspecified atom stereocenters. The lowest BCUT2D eigenvalue weighted by Crippen LogP contribution is -2.24. The predicted molar refractivity (Wildman–Crippen MR) is 89.8 cm³/mol. The molecule has 2 aromatic rings. The van der Waals surface area contributed by atoms with Gasteiger partial charge in [-0.25, -0.2) is 5.43 Å². The zero-order valence-electron chi connectivity index (χ0n) is 13.3. The van der Waals surface area contributed by atoms with Crippen molar-refractivity contribution in [1.29, 1.82) is 0 Å². The van der Waals surface area contributed by atoms with E-state index >= 15 is 0 Å². The molecule has 0 atom stereocenters. The van der Waals surface area contributed by atoms with Crippen molar-refractivity contribution >= 4 is 12.1 Å². The van der Waals surface area contributed by atoms with Crippen molar-refractivity contribution in [1.82, 2.24) is 5.43 Å². The summed E-state index contributed by atoms with van der Waals surface area (Å²) in [5.41, 5.74) is 4.15. The zero-order valence-corrected chi connectivity index (χ0v) is 13.3. The van der Waals surface area contributed by atoms with Crippen molar-refractivity contribution in [2.45, 2.75) is 6.92 Å². The van der Waals surface area contributed by atoms with E-state index in [2.05, 4.69) is 10.5 Å². The average Bonchev–Trinajstić information content (AvgIpc) is 2.61. The number of hydrogen-bond acceptors (Lipinski definition) is 5. The molecule has 0 saturated carbocycles. The maximum absolute atomic E-state index is 11.8. The first-order valence-electron chi connectivity index (χ1n) is 7.63. The molecule has 124 valence electrons. The first-order chi connectivity index (χ1) is 11.7. The third kappa shape index (κ3) is 3.84. The number of hydrazone groups is 1. The van der Waals surface area contributed by atoms with Crippen LogP contribution in [0.4, 0.5) is 0 Å². The molecule has 1 N–H and O–H groups in total. The van der Waals surface area contributed by atoms with Gasteiger partial charge in [-0.15, -0.1) is 0 Å². The highest BCUT2D eigenvalue weighted by Gasteiger charge is 2.14. The number of fused-ring (bicyclic) bond motifs is 1. The summed E-state index contributed by atoms with van der Waals surface area (Å²) in [6.45, 7) is 2.84. The summed E-state index contributed by atoms with van der Waals surface area (Å²) >= 11 is 0. The Labute approximate surface area is 140 Å². The summed E-state index contributed by atoms with van der Waals surface area (Å²) in [4.78, 5) is 11.8. The SMILES string of the molecule is Cc1ccccc1OCC(=O)NN=Cc1cccc2c1OCCO2. The van der Waals surface area contributed by atoms with E-state index in [1.807, 2.05) is 49.4 Å². The van der Waals surface area contributed by atoms with Crippen LogP contribution < -0.4 is 19.6 Å². The van der Waals surface area contributed by atoms with Crippen molar-refractivity contribution in [3.05, 3.63) is 53.6 Å². The summed E-state index contributed by atoms with van der Waals surface area (Å²) < 4.78 is 16.5. The highest BCUT2D eigenvalue weighted by molar-refractivity contribution is 5.86. The minimum absolute atomic E-state index is 0.102. The number of ether oxygens (including phenoxy) is 3. The summed E-state index contributed by atoms with van der Waals surface area (Å²) in [5.74, 6) is 1.66. The van der Waals surface area contributed by atoms with Crippen LogP contribution in [0.2, 0.25) is 0 Å². The van der Waals surface area contributed by atoms with Crippen LogP contribution in [-0.4, -0.2) is 31.9 Å². The monoisotopic (exact) mass is 326 g/mol. The van der Waals surface area contributed by atoms with E-state index in [0.717, 1.165) is 11.1 Å². The minimum Gasteiger partial charge on any atom is -0.486 e. The lowest BCUT2D eigenvalue weighted by Gasteiger charge is -2.19. The van der Waals surface area contributed by atoms with Gasteiger partial charge in [0.25, 0.3) is 5.91 Å². The molecule has 3 rings (SSSR count). The molecule has 0 spiro atoms. The van der Waals surface area contributed by atoms with Crippen LogP contribution in [0.15, 0.2) is 47.6 Å². The van der Waals surface area contributed by atoms with Crippen molar-refractivity contribution in [3.8, 4) is 17.2 Å². The quantitative estimate of drug-likeness (QED) is 0.676. The molecule has 1 aliphatic heterocycles. The number of carbonyl (C=O) groups is 1. The predicted octanol–water partition coefficient (Wildman–Crippen LogP) is 2.30. The standard InChI is InChI=1S/C18H18N2O4/c1-13-5-2-3-7-15(13)24-12-17(21)20-19-11-14-6-4-8-16-18(14)23-10-9-22-16/h2-8,11H,9-10,12H2,1H3,(H,20,21). The van der Waals surface area contributed by atoms with Crippen LogP contribution in [0.5, 0.6) is 17.2 Å². The van der Waals surface area contributed by atoms with Gasteiger partial charge in [-0.05, 0) is 30.7 Å². The van der Waals surface area contributed by atoms with Crippen molar-refractivity contribution in [2.75, 3.05) is 19.8 Å². The molecule has 0 bridgehead atoms. The third-order valence-corrected chi connectivity index (χ3v) is 3.44. The van der Waals surface area contributed by atoms with Gasteiger partial charge in [0.1, 0.15) is 19.0 Å². The number of amides is 1. The minimum atomic E-state index is -0.337. The number of aryl methyl sites for hydroxylation is 1. The lowest BCUT2D eigenvalue weighted by molar-refractivity contribution is -0.123. The molecule has 6 heteroatoms. The zero-order chi connectivity index (χ0) is 16.8. The Morgan fingerprint density at radius 1 is 1.21 bits per heavy atom. The molecular weight excluding hydrogens is 308 g/mol. The Balaban J connectivity index is 1.55. The summed E-state index contributed by atoms with van der Waals surface area (Å²) in [6.07, 6.45) is 1.53. The molecule has 0 fully saturated rings. The lowest BCUT2D eigenvalue weighted by atomic mass is 10.2.